The van der Waals surface area contributed by atoms with Crippen molar-refractivity contribution in [2.45, 2.75) is 111 Å². The fourth-order valence-electron chi connectivity index (χ4n) is 5.02. The molecule has 0 radical (unpaired) electrons. The second kappa shape index (κ2) is 14.3. The molecular weight excluding hydrogens is 544 g/mol. The Hall–Kier alpha value is -1.17. The van der Waals surface area contributed by atoms with E-state index in [0.29, 0.717) is 0 Å². The normalized spacial score (nSPS) is 47.0. The molecule has 18 nitrogen and oxygen atoms in total. The van der Waals surface area contributed by atoms with Gasteiger partial charge in [0.15, 0.2) is 12.6 Å². The molecule has 18 heteroatoms. The van der Waals surface area contributed by atoms with Crippen LogP contribution in [0.2, 0.25) is 0 Å². The van der Waals surface area contributed by atoms with Crippen molar-refractivity contribution in [2.24, 2.45) is 17.2 Å². The van der Waals surface area contributed by atoms with Gasteiger partial charge in [0, 0.05) is 6.04 Å². The molecule has 1 amide bonds. The zero-order valence-electron chi connectivity index (χ0n) is 21.6. The molecule has 0 aromatic rings. The third-order valence-corrected chi connectivity index (χ3v) is 7.46. The lowest BCUT2D eigenvalue weighted by atomic mass is 9.83. The number of hydrogen-bond acceptors (Lipinski definition) is 17. The average Bonchev–Trinajstić information content (AvgIpc) is 2.92. The first kappa shape index (κ1) is 33.3. The van der Waals surface area contributed by atoms with Crippen LogP contribution in [-0.4, -0.2) is 169 Å². The molecule has 40 heavy (non-hydrogen) atoms. The van der Waals surface area contributed by atoms with E-state index >= 15 is 0 Å². The molecule has 0 aromatic heterocycles. The van der Waals surface area contributed by atoms with Crippen LogP contribution in [0.25, 0.3) is 0 Å². The van der Waals surface area contributed by atoms with Gasteiger partial charge in [-0.25, -0.2) is 0 Å². The maximum absolute atomic E-state index is 12.6. The highest BCUT2D eigenvalue weighted by Gasteiger charge is 2.52. The zero-order valence-corrected chi connectivity index (χ0v) is 21.6. The van der Waals surface area contributed by atoms with Gasteiger partial charge in [-0.3, -0.25) is 4.79 Å². The minimum absolute atomic E-state index is 0.00119. The third-order valence-electron chi connectivity index (χ3n) is 7.46. The summed E-state index contributed by atoms with van der Waals surface area (Å²) in [7, 11) is 0. The number of carbonyl (C=O) groups excluding carboxylic acids is 1. The van der Waals surface area contributed by atoms with Gasteiger partial charge in [-0.2, -0.15) is 0 Å². The lowest BCUT2D eigenvalue weighted by molar-refractivity contribution is -0.335. The van der Waals surface area contributed by atoms with Crippen molar-refractivity contribution in [2.75, 3.05) is 19.8 Å². The Labute approximate surface area is 229 Å². The van der Waals surface area contributed by atoms with Gasteiger partial charge in [0.2, 0.25) is 5.91 Å². The lowest BCUT2D eigenvalue weighted by Gasteiger charge is -2.48. The van der Waals surface area contributed by atoms with E-state index in [1.807, 2.05) is 0 Å². The number of amides is 1. The third kappa shape index (κ3) is 7.06. The summed E-state index contributed by atoms with van der Waals surface area (Å²) in [5.74, 6) is -0.859. The highest BCUT2D eigenvalue weighted by atomic mass is 16.7. The zero-order chi connectivity index (χ0) is 29.9. The first-order chi connectivity index (χ1) is 18.9. The molecule has 0 spiro atoms. The van der Waals surface area contributed by atoms with Gasteiger partial charge < -0.3 is 87.4 Å². The van der Waals surface area contributed by atoms with Crippen molar-refractivity contribution in [1.29, 1.82) is 0 Å². The largest absolute Gasteiger partial charge is 0.394 e. The van der Waals surface area contributed by atoms with E-state index in [-0.39, 0.29) is 19.4 Å². The van der Waals surface area contributed by atoms with Crippen LogP contribution in [0.5, 0.6) is 0 Å². The van der Waals surface area contributed by atoms with E-state index in [0.717, 1.165) is 0 Å². The predicted molar refractivity (Wildman–Crippen MR) is 129 cm³/mol. The van der Waals surface area contributed by atoms with Crippen molar-refractivity contribution in [3.8, 4) is 0 Å². The summed E-state index contributed by atoms with van der Waals surface area (Å²) in [5, 5.41) is 94.0. The highest BCUT2D eigenvalue weighted by Crippen LogP contribution is 2.32. The molecule has 1 aliphatic carbocycles. The van der Waals surface area contributed by atoms with Crippen LogP contribution in [-0.2, 0) is 23.7 Å². The van der Waals surface area contributed by atoms with Gasteiger partial charge in [-0.05, 0) is 19.4 Å². The lowest BCUT2D eigenvalue weighted by Crippen LogP contribution is -2.69. The molecule has 234 valence electrons. The molecule has 3 rings (SSSR count). The Balaban J connectivity index is 1.85. The summed E-state index contributed by atoms with van der Waals surface area (Å²) in [6.07, 6.45) is -20.6. The highest BCUT2D eigenvalue weighted by molar-refractivity contribution is 5.80. The Bertz CT molecular complexity index is 813. The van der Waals surface area contributed by atoms with Crippen LogP contribution in [0.3, 0.4) is 0 Å². The molecule has 1 saturated carbocycles. The molecule has 0 bridgehead atoms. The molecule has 0 aromatic carbocycles. The van der Waals surface area contributed by atoms with E-state index in [1.165, 1.54) is 0 Å². The molecule has 16 atom stereocenters. The Morgan fingerprint density at radius 3 is 1.95 bits per heavy atom. The van der Waals surface area contributed by atoms with Crippen LogP contribution in [0.4, 0.5) is 0 Å². The fourth-order valence-corrected chi connectivity index (χ4v) is 5.02. The van der Waals surface area contributed by atoms with Gasteiger partial charge in [0.1, 0.15) is 67.1 Å². The smallest absolute Gasteiger partial charge is 0.249 e. The minimum atomic E-state index is -1.81. The Kier molecular flexibility index (Phi) is 11.9. The first-order valence-corrected chi connectivity index (χ1v) is 13.0. The Morgan fingerprint density at radius 2 is 1.38 bits per heavy atom. The van der Waals surface area contributed by atoms with Crippen LogP contribution >= 0.6 is 0 Å². The van der Waals surface area contributed by atoms with Crippen LogP contribution in [0, 0.1) is 0 Å². The van der Waals surface area contributed by atoms with Gasteiger partial charge in [0.25, 0.3) is 0 Å². The number of hydrogen-bond donors (Lipinski definition) is 13. The molecule has 2 heterocycles. The van der Waals surface area contributed by atoms with E-state index in [2.05, 4.69) is 5.32 Å². The number of carbonyl (C=O) groups is 1. The van der Waals surface area contributed by atoms with Gasteiger partial charge in [-0.1, -0.05) is 0 Å². The van der Waals surface area contributed by atoms with Crippen LogP contribution in [0.15, 0.2) is 0 Å². The van der Waals surface area contributed by atoms with E-state index in [1.54, 1.807) is 0 Å². The van der Waals surface area contributed by atoms with Crippen molar-refractivity contribution in [1.82, 2.24) is 5.32 Å². The quantitative estimate of drug-likeness (QED) is 0.113. The molecule has 16 N–H and O–H groups in total. The summed E-state index contributed by atoms with van der Waals surface area (Å²) in [5.41, 5.74) is 17.5. The fraction of sp³-hybridized carbons (Fsp3) is 0.955. The number of aliphatic hydroxyl groups excluding tert-OH is 9. The van der Waals surface area contributed by atoms with Crippen molar-refractivity contribution in [3.63, 3.8) is 0 Å². The monoisotopic (exact) mass is 586 g/mol. The molecular formula is C22H42N4O14. The number of aliphatic hydroxyl groups is 9. The second-order valence-electron chi connectivity index (χ2n) is 10.3. The summed E-state index contributed by atoms with van der Waals surface area (Å²) < 4.78 is 22.3. The Morgan fingerprint density at radius 1 is 0.825 bits per heavy atom. The summed E-state index contributed by atoms with van der Waals surface area (Å²) in [4.78, 5) is 12.6. The topological polar surface area (TPSA) is 326 Å². The minimum Gasteiger partial charge on any atom is -0.394 e. The van der Waals surface area contributed by atoms with E-state index < -0.39 is 117 Å². The summed E-state index contributed by atoms with van der Waals surface area (Å²) in [6, 6.07) is -3.52. The van der Waals surface area contributed by atoms with Gasteiger partial charge in [0.05, 0.1) is 25.3 Å². The summed E-state index contributed by atoms with van der Waals surface area (Å²) in [6.45, 7) is -1.42. The number of ether oxygens (including phenoxy) is 4. The maximum Gasteiger partial charge on any atom is 0.249 e. The standard InChI is InChI=1S/C22H42N4O14/c23-2-1-8(29)20(36)26-7-3-6(24)18(39-22-16(34)15(33)13(31)10(5-28)38-22)17(35)19(7)40-21-14(32)11(25)12(30)9(4-27)37-21/h6-19,21-22,27-35H,1-5,23-25H2,(H,26,36)/t6-,7+,8-,9+,10-,11-,12+,13+,14-,15-,16+,17-,18+,19-,21+,22+/m0/s1. The molecule has 3 aliphatic rings. The number of nitrogens with two attached hydrogens (primary N) is 3. The van der Waals surface area contributed by atoms with Gasteiger partial charge >= 0.3 is 0 Å². The molecule has 2 saturated heterocycles. The summed E-state index contributed by atoms with van der Waals surface area (Å²) >= 11 is 0. The van der Waals surface area contributed by atoms with E-state index in [4.69, 9.17) is 36.1 Å². The molecule has 3 fully saturated rings. The maximum atomic E-state index is 12.6. The van der Waals surface area contributed by atoms with Crippen molar-refractivity contribution < 1.29 is 69.7 Å². The van der Waals surface area contributed by atoms with Gasteiger partial charge in [-0.15, -0.1) is 0 Å². The predicted octanol–water partition coefficient (Wildman–Crippen LogP) is -8.39. The molecule has 2 aliphatic heterocycles. The van der Waals surface area contributed by atoms with Crippen LogP contribution in [0.1, 0.15) is 12.8 Å². The first-order valence-electron chi connectivity index (χ1n) is 13.0. The second-order valence-corrected chi connectivity index (χ2v) is 10.3. The van der Waals surface area contributed by atoms with E-state index in [9.17, 15) is 50.8 Å². The SMILES string of the molecule is NCC[C@H](O)C(=O)N[C@@H]1C[C@H](N)[C@@H](O[C@H]2O[C@@H](CO)[C@@H](O)[C@H](O)[C@H]2O)[C@H](O)[C@H]1O[C@H]1O[C@H](CO)[C@@H](O)[C@H](N)[C@@H]1O. The number of nitrogens with one attached hydrogen (secondary N) is 1. The number of rotatable bonds is 10. The molecule has 0 unspecified atom stereocenters. The van der Waals surface area contributed by atoms with Crippen molar-refractivity contribution >= 4 is 5.91 Å². The van der Waals surface area contributed by atoms with Crippen molar-refractivity contribution in [3.05, 3.63) is 0 Å². The average molecular weight is 587 g/mol. The van der Waals surface area contributed by atoms with Crippen LogP contribution < -0.4 is 22.5 Å².